The molecule has 512 valence electrons. The molecule has 0 amide bonds. The molecule has 0 aliphatic carbocycles. The number of halogens is 2. The fourth-order valence-electron chi connectivity index (χ4n) is 10.8. The van der Waals surface area contributed by atoms with Crippen molar-refractivity contribution in [2.24, 2.45) is 11.8 Å². The van der Waals surface area contributed by atoms with Crippen molar-refractivity contribution in [3.8, 4) is 11.5 Å². The lowest BCUT2D eigenvalue weighted by Crippen LogP contribution is -2.52. The van der Waals surface area contributed by atoms with Crippen molar-refractivity contribution in [3.63, 3.8) is 0 Å². The molecule has 10 rings (SSSR count). The maximum absolute atomic E-state index is 15.8. The summed E-state index contributed by atoms with van der Waals surface area (Å²) in [7, 11) is -5.20. The van der Waals surface area contributed by atoms with Gasteiger partial charge in [-0.1, -0.05) is 64.1 Å². The van der Waals surface area contributed by atoms with E-state index in [2.05, 4.69) is 30.3 Å². The summed E-state index contributed by atoms with van der Waals surface area (Å²) < 4.78 is 120. The Morgan fingerprint density at radius 1 is 0.617 bits per heavy atom. The second kappa shape index (κ2) is 30.2. The Hall–Kier alpha value is -7.32. The summed E-state index contributed by atoms with van der Waals surface area (Å²) in [6.45, 7) is 7.50. The molecule has 0 saturated carbocycles. The first kappa shape index (κ1) is 71.0. The van der Waals surface area contributed by atoms with Crippen molar-refractivity contribution in [3.05, 3.63) is 109 Å². The Morgan fingerprint density at radius 3 is 1.47 bits per heavy atom. The van der Waals surface area contributed by atoms with Gasteiger partial charge in [0.25, 0.3) is 0 Å². The zero-order valence-electron chi connectivity index (χ0n) is 53.0. The highest BCUT2D eigenvalue weighted by Crippen LogP contribution is 2.52. The Labute approximate surface area is 540 Å². The molecule has 4 aliphatic rings. The second-order valence-corrected chi connectivity index (χ2v) is 27.5. The van der Waals surface area contributed by atoms with Gasteiger partial charge in [-0.3, -0.25) is 28.2 Å². The average Bonchev–Trinajstić information content (AvgIpc) is 1.60. The number of likely N-dealkylation sites (tertiary alicyclic amines) is 2. The molecule has 30 nitrogen and oxygen atoms in total. The van der Waals surface area contributed by atoms with Crippen LogP contribution in [-0.4, -0.2) is 200 Å². The number of nitrogens with two attached hydrogens (primary N) is 2. The van der Waals surface area contributed by atoms with Gasteiger partial charge in [-0.15, -0.1) is 0 Å². The van der Waals surface area contributed by atoms with Crippen LogP contribution in [0.3, 0.4) is 0 Å². The number of alkyl halides is 2. The van der Waals surface area contributed by atoms with Crippen LogP contribution in [0.1, 0.15) is 78.0 Å². The van der Waals surface area contributed by atoms with Crippen LogP contribution < -0.4 is 30.7 Å². The predicted molar refractivity (Wildman–Crippen MR) is 332 cm³/mol. The van der Waals surface area contributed by atoms with Gasteiger partial charge >= 0.3 is 39.4 Å². The van der Waals surface area contributed by atoms with Crippen molar-refractivity contribution in [1.82, 2.24) is 49.2 Å². The first-order valence-corrected chi connectivity index (χ1v) is 33.5. The largest absolute Gasteiger partial charge is 0.460 e. The summed E-state index contributed by atoms with van der Waals surface area (Å²) in [5.41, 5.74) is 8.92. The first-order chi connectivity index (χ1) is 44.7. The molecular weight excluding hydrogens is 1280 g/mol. The van der Waals surface area contributed by atoms with Gasteiger partial charge in [-0.05, 0) is 89.3 Å². The highest BCUT2D eigenvalue weighted by atomic mass is 31.2. The third-order valence-corrected chi connectivity index (χ3v) is 19.3. The summed E-state index contributed by atoms with van der Waals surface area (Å²) >= 11 is 0. The Morgan fingerprint density at radius 2 is 1.04 bits per heavy atom. The van der Waals surface area contributed by atoms with Gasteiger partial charge in [0.15, 0.2) is 29.4 Å². The van der Waals surface area contributed by atoms with Crippen LogP contribution in [0.4, 0.5) is 20.4 Å². The molecule has 14 atom stereocenters. The molecule has 4 fully saturated rings. The van der Waals surface area contributed by atoms with Gasteiger partial charge in [-0.2, -0.15) is 20.4 Å². The summed E-state index contributed by atoms with van der Waals surface area (Å²) in [6, 6.07) is 20.0. The topological polar surface area (TPSA) is 378 Å². The normalized spacial score (nSPS) is 26.7. The van der Waals surface area contributed by atoms with E-state index in [4.69, 9.17) is 58.0 Å². The molecule has 4 aliphatic heterocycles. The molecule has 0 radical (unpaired) electrons. The highest BCUT2D eigenvalue weighted by molar-refractivity contribution is 7.52. The average molecular weight is 1360 g/mol. The number of nitrogen functional groups attached to an aromatic ring is 2. The molecule has 0 spiro atoms. The van der Waals surface area contributed by atoms with Gasteiger partial charge < -0.3 is 68.9 Å². The molecule has 2 unspecified atom stereocenters. The van der Waals surface area contributed by atoms with Crippen LogP contribution in [0, 0.1) is 11.8 Å². The standard InChI is InChI=1S/C34H46FN6O10P.C26H34FN6O8P/c1-20(2)31(42)48-28-27(25-12-13-26-30(36)37-19-38-41(25)26)50-34(17-35,29(28)49-32(43)21(3)4)18-46-52(45,51-23-10-8-7-9-11-23)39-22(5)33(44)47-24-14-15-40(6)16-24;1-16(25(36)39-18-10-11-32(2)12-18)31-42(37,41-17-6-4-3-5-7-17)38-14-26(13-27)23(35)21(34)22(40-26)19-8-9-20-24(28)29-15-30-33(19)20/h7-13,19-22,24,27-29H,14-18H2,1-6H3,(H,39,45)(H2,36,37,38);3-9,15-16,18,21-23,34-35H,10-14H2,1-2H3,(H,31,37)(H2,28,29,30)/t22-,24+,27-,28-,29-,34+,52?;16-,18+,21-,22-,23-,26+,42?/m00/s1. The molecule has 0 bridgehead atoms. The molecule has 34 heteroatoms. The lowest BCUT2D eigenvalue weighted by atomic mass is 9.95. The van der Waals surface area contributed by atoms with Crippen LogP contribution in [-0.2, 0) is 65.8 Å². The van der Waals surface area contributed by atoms with Crippen molar-refractivity contribution >= 4 is 62.0 Å². The van der Waals surface area contributed by atoms with E-state index in [0.29, 0.717) is 37.0 Å². The van der Waals surface area contributed by atoms with Crippen LogP contribution >= 0.6 is 15.5 Å². The molecule has 2 aromatic carbocycles. The van der Waals surface area contributed by atoms with Crippen LogP contribution in [0.15, 0.2) is 97.6 Å². The van der Waals surface area contributed by atoms with E-state index in [1.54, 1.807) is 88.4 Å². The zero-order valence-corrected chi connectivity index (χ0v) is 54.8. The number of carbonyl (C=O) groups excluding carboxylic acids is 4. The molecule has 4 aromatic heterocycles. The Balaban J connectivity index is 0.000000226. The number of aromatic nitrogens is 6. The predicted octanol–water partition coefficient (Wildman–Crippen LogP) is 4.90. The van der Waals surface area contributed by atoms with E-state index in [1.807, 2.05) is 23.9 Å². The maximum Gasteiger partial charge on any atom is 0.459 e. The Kier molecular flexibility index (Phi) is 22.8. The minimum atomic E-state index is -4.58. The molecular formula is C60H80F2N12O18P2. The smallest absolute Gasteiger partial charge is 0.459 e. The van der Waals surface area contributed by atoms with Gasteiger partial charge in [0.05, 0.1) is 36.4 Å². The number of aliphatic hydroxyl groups excluding tert-OH is 2. The van der Waals surface area contributed by atoms with E-state index in [1.165, 1.54) is 59.8 Å². The van der Waals surface area contributed by atoms with Crippen LogP contribution in [0.25, 0.3) is 11.0 Å². The summed E-state index contributed by atoms with van der Waals surface area (Å²) in [5.74, 6) is -3.57. The quantitative estimate of drug-likeness (QED) is 0.0239. The van der Waals surface area contributed by atoms with Crippen LogP contribution in [0.5, 0.6) is 11.5 Å². The maximum atomic E-state index is 15.8. The van der Waals surface area contributed by atoms with Crippen molar-refractivity contribution in [2.75, 3.05) is 78.3 Å². The van der Waals surface area contributed by atoms with E-state index in [-0.39, 0.29) is 46.7 Å². The van der Waals surface area contributed by atoms with Gasteiger partial charge in [0, 0.05) is 26.2 Å². The van der Waals surface area contributed by atoms with Crippen molar-refractivity contribution in [2.45, 2.75) is 127 Å². The summed E-state index contributed by atoms with van der Waals surface area (Å²) in [5, 5.41) is 35.4. The number of ether oxygens (including phenoxy) is 6. The number of nitrogens with one attached hydrogen (secondary N) is 2. The SMILES string of the molecule is CC(C)C(=O)O[C@H]1[C@H](c2ccc3c(N)ncnn23)O[C@](CF)(COP(=O)(N[C@@H](C)C(=O)O[C@@H]2CCN(C)C2)Oc2ccccc2)[C@H]1OC(=O)C(C)C.C[C@H](NP(=O)(OC[C@@]1(CF)O[C@@H](c2ccc3c(N)ncnn23)[C@H](O)[C@@H]1O)Oc1ccccc1)C(=O)O[C@@H]1CCN(C)C1. The fraction of sp³-hybridized carbons (Fsp3) is 0.533. The first-order valence-electron chi connectivity index (χ1n) is 30.4. The number of benzene rings is 2. The van der Waals surface area contributed by atoms with Crippen molar-refractivity contribution < 1.29 is 93.8 Å². The van der Waals surface area contributed by atoms with Gasteiger partial charge in [-0.25, -0.2) is 36.9 Å². The van der Waals surface area contributed by atoms with Crippen molar-refractivity contribution in [1.29, 1.82) is 0 Å². The number of aliphatic hydroxyl groups is 2. The number of para-hydroxylation sites is 2. The van der Waals surface area contributed by atoms with Gasteiger partial charge in [0.1, 0.15) is 103 Å². The number of carbonyl (C=O) groups is 4. The zero-order chi connectivity index (χ0) is 67.9. The minimum Gasteiger partial charge on any atom is -0.460 e. The Bertz CT molecular complexity index is 3700. The van der Waals surface area contributed by atoms with Gasteiger partial charge in [0.2, 0.25) is 0 Å². The molecule has 4 saturated heterocycles. The lowest BCUT2D eigenvalue weighted by Gasteiger charge is -2.34. The number of anilines is 2. The number of nitrogens with zero attached hydrogens (tertiary/aromatic N) is 8. The fourth-order valence-corrected chi connectivity index (χ4v) is 13.9. The van der Waals surface area contributed by atoms with E-state index < -0.39 is 138 Å². The number of esters is 4. The minimum absolute atomic E-state index is 0.110. The van der Waals surface area contributed by atoms with E-state index in [9.17, 15) is 42.9 Å². The third kappa shape index (κ3) is 16.3. The van der Waals surface area contributed by atoms with Crippen LogP contribution in [0.2, 0.25) is 0 Å². The monoisotopic (exact) mass is 1360 g/mol. The van der Waals surface area contributed by atoms with E-state index >= 15 is 4.39 Å². The number of hydrogen-bond donors (Lipinski definition) is 6. The summed E-state index contributed by atoms with van der Waals surface area (Å²) in [6.07, 6.45) is -6.00. The molecule has 94 heavy (non-hydrogen) atoms. The number of fused-ring (bicyclic) bond motifs is 2. The molecule has 6 aromatic rings. The number of rotatable bonds is 26. The number of hydrogen-bond acceptors (Lipinski definition) is 26. The number of likely N-dealkylation sites (N-methyl/N-ethyl adjacent to an activating group) is 2. The lowest BCUT2D eigenvalue weighted by molar-refractivity contribution is -0.178. The highest BCUT2D eigenvalue weighted by Gasteiger charge is 2.62. The third-order valence-electron chi connectivity index (χ3n) is 16.1. The summed E-state index contributed by atoms with van der Waals surface area (Å²) in [4.78, 5) is 64.2. The second-order valence-electron chi connectivity index (χ2n) is 24.2. The molecule has 8 heterocycles. The molecule has 8 N–H and O–H groups in total. The van der Waals surface area contributed by atoms with E-state index in [0.717, 1.165) is 13.1 Å².